The summed E-state index contributed by atoms with van der Waals surface area (Å²) in [5.74, 6) is -6.26. The number of alkyl halides is 1. The van der Waals surface area contributed by atoms with Crippen LogP contribution in [0.2, 0.25) is 0 Å². The van der Waals surface area contributed by atoms with E-state index in [1.165, 1.54) is 4.57 Å². The fraction of sp³-hybridized carbons (Fsp3) is 0.231. The first-order chi connectivity index (χ1) is 18.2. The van der Waals surface area contributed by atoms with E-state index in [4.69, 9.17) is 4.74 Å². The van der Waals surface area contributed by atoms with Gasteiger partial charge in [0.2, 0.25) is 0 Å². The van der Waals surface area contributed by atoms with Crippen molar-refractivity contribution in [3.05, 3.63) is 58.7 Å². The number of halogens is 5. The summed E-state index contributed by atoms with van der Waals surface area (Å²) in [5.41, 5.74) is 0.0643. The van der Waals surface area contributed by atoms with E-state index in [1.54, 1.807) is 0 Å². The summed E-state index contributed by atoms with van der Waals surface area (Å²) in [6.07, 6.45) is -3.04. The van der Waals surface area contributed by atoms with E-state index in [1.807, 2.05) is 0 Å². The molecule has 2 aromatic heterocycles. The highest BCUT2D eigenvalue weighted by atomic mass is 32.1. The second-order valence-corrected chi connectivity index (χ2v) is 10.5. The van der Waals surface area contributed by atoms with Crippen molar-refractivity contribution in [1.82, 2.24) is 9.88 Å². The third kappa shape index (κ3) is 3.04. The molecule has 0 aliphatic carbocycles. The van der Waals surface area contributed by atoms with Gasteiger partial charge in [0.05, 0.1) is 39.1 Å². The quantitative estimate of drug-likeness (QED) is 0.223. The summed E-state index contributed by atoms with van der Waals surface area (Å²) < 4.78 is 79.2. The molecule has 0 bridgehead atoms. The number of imide groups is 1. The highest BCUT2D eigenvalue weighted by Crippen LogP contribution is 2.49. The molecule has 194 valence electrons. The van der Waals surface area contributed by atoms with Crippen molar-refractivity contribution in [2.24, 2.45) is 0 Å². The van der Waals surface area contributed by atoms with Crippen molar-refractivity contribution < 1.29 is 41.4 Å². The van der Waals surface area contributed by atoms with E-state index in [9.17, 15) is 36.6 Å². The average Bonchev–Trinajstić information content (AvgIpc) is 3.48. The van der Waals surface area contributed by atoms with E-state index in [2.05, 4.69) is 5.32 Å². The summed E-state index contributed by atoms with van der Waals surface area (Å²) in [4.78, 5) is 26.1. The number of aromatic nitrogens is 1. The van der Waals surface area contributed by atoms with Gasteiger partial charge in [0.15, 0.2) is 23.3 Å². The Morgan fingerprint density at radius 3 is 2.26 bits per heavy atom. The van der Waals surface area contributed by atoms with Crippen molar-refractivity contribution in [2.45, 2.75) is 31.3 Å². The largest absolute Gasteiger partial charge is 0.393 e. The number of benzene rings is 3. The lowest BCUT2D eigenvalue weighted by Crippen LogP contribution is -2.35. The molecule has 6 nitrogen and oxygen atoms in total. The van der Waals surface area contributed by atoms with Gasteiger partial charge in [-0.25, -0.2) is 22.0 Å². The Morgan fingerprint density at radius 1 is 0.921 bits per heavy atom. The summed E-state index contributed by atoms with van der Waals surface area (Å²) in [6.45, 7) is -0.906. The summed E-state index contributed by atoms with van der Waals surface area (Å²) >= 11 is 0.994. The monoisotopic (exact) mass is 546 g/mol. The van der Waals surface area contributed by atoms with Crippen LogP contribution < -0.4 is 5.32 Å². The zero-order valence-corrected chi connectivity index (χ0v) is 19.9. The Balaban J connectivity index is 1.74. The standard InChI is InChI=1S/C26H15F5N2O4S/c27-7-9-1-8(34)2-18(37-9)33-16-5-14(30)12(28)3-10(16)19-21-22(26(36)32-25(21)35)20-11-4-13(29)15(31)6-17(11)38-24(20)23(19)33/h3-6,8-9,18,34H,1-2,7H2,(H,32,35,36). The molecule has 4 heterocycles. The highest BCUT2D eigenvalue weighted by molar-refractivity contribution is 7.26. The Morgan fingerprint density at radius 2 is 1.55 bits per heavy atom. The lowest BCUT2D eigenvalue weighted by Gasteiger charge is -2.33. The van der Waals surface area contributed by atoms with Crippen LogP contribution in [0.5, 0.6) is 0 Å². The lowest BCUT2D eigenvalue weighted by atomic mass is 9.96. The fourth-order valence-electron chi connectivity index (χ4n) is 5.75. The molecule has 0 saturated carbocycles. The molecule has 0 radical (unpaired) electrons. The number of aliphatic hydroxyl groups is 1. The Hall–Kier alpha value is -3.61. The first-order valence-corrected chi connectivity index (χ1v) is 12.4. The van der Waals surface area contributed by atoms with Crippen molar-refractivity contribution in [1.29, 1.82) is 0 Å². The summed E-state index contributed by atoms with van der Waals surface area (Å²) in [6, 6.07) is 3.69. The molecule has 2 aliphatic heterocycles. The van der Waals surface area contributed by atoms with Gasteiger partial charge >= 0.3 is 0 Å². The summed E-state index contributed by atoms with van der Waals surface area (Å²) in [5, 5.41) is 13.2. The zero-order chi connectivity index (χ0) is 26.6. The molecular weight excluding hydrogens is 531 g/mol. The van der Waals surface area contributed by atoms with Crippen LogP contribution in [0.1, 0.15) is 39.8 Å². The molecular formula is C26H15F5N2O4S. The second kappa shape index (κ2) is 7.95. The topological polar surface area (TPSA) is 80.6 Å². The van der Waals surface area contributed by atoms with Crippen molar-refractivity contribution in [2.75, 3.05) is 6.67 Å². The number of thiophene rings is 1. The minimum Gasteiger partial charge on any atom is -0.393 e. The van der Waals surface area contributed by atoms with E-state index in [0.717, 1.165) is 35.6 Å². The van der Waals surface area contributed by atoms with E-state index >= 15 is 0 Å². The molecule has 3 aromatic carbocycles. The number of carbonyl (C=O) groups excluding carboxylic acids is 2. The van der Waals surface area contributed by atoms with Crippen molar-refractivity contribution in [3.8, 4) is 0 Å². The van der Waals surface area contributed by atoms with E-state index < -0.39 is 60.2 Å². The van der Waals surface area contributed by atoms with Crippen LogP contribution in [0.4, 0.5) is 22.0 Å². The number of aliphatic hydroxyl groups excluding tert-OH is 1. The number of nitrogens with zero attached hydrogens (tertiary/aromatic N) is 1. The van der Waals surface area contributed by atoms with Gasteiger partial charge in [-0.1, -0.05) is 0 Å². The van der Waals surface area contributed by atoms with Gasteiger partial charge in [-0.3, -0.25) is 14.9 Å². The second-order valence-electron chi connectivity index (χ2n) is 9.47. The predicted octanol–water partition coefficient (Wildman–Crippen LogP) is 5.61. The molecule has 3 unspecified atom stereocenters. The Labute approximate surface area is 213 Å². The molecule has 12 heteroatoms. The molecule has 1 saturated heterocycles. The van der Waals surface area contributed by atoms with E-state index in [0.29, 0.717) is 4.70 Å². The number of ether oxygens (including phenoxy) is 1. The van der Waals surface area contributed by atoms with Gasteiger partial charge in [0.25, 0.3) is 11.8 Å². The third-order valence-electron chi connectivity index (χ3n) is 7.24. The maximum Gasteiger partial charge on any atom is 0.259 e. The van der Waals surface area contributed by atoms with Crippen LogP contribution in [0.3, 0.4) is 0 Å². The Kier molecular flexibility index (Phi) is 4.92. The first kappa shape index (κ1) is 23.5. The lowest BCUT2D eigenvalue weighted by molar-refractivity contribution is -0.130. The molecule has 2 aliphatic rings. The molecule has 7 rings (SSSR count). The van der Waals surface area contributed by atoms with Crippen molar-refractivity contribution >= 4 is 65.1 Å². The zero-order valence-electron chi connectivity index (χ0n) is 19.1. The minimum atomic E-state index is -1.21. The van der Waals surface area contributed by atoms with E-state index in [-0.39, 0.29) is 61.2 Å². The molecule has 2 amide bonds. The Bertz CT molecular complexity index is 1900. The number of hydrogen-bond acceptors (Lipinski definition) is 5. The molecule has 2 N–H and O–H groups in total. The number of nitrogens with one attached hydrogen (secondary N) is 1. The van der Waals surface area contributed by atoms with Crippen LogP contribution in [0, 0.1) is 23.3 Å². The smallest absolute Gasteiger partial charge is 0.259 e. The van der Waals surface area contributed by atoms with Gasteiger partial charge in [-0.2, -0.15) is 0 Å². The predicted molar refractivity (Wildman–Crippen MR) is 129 cm³/mol. The normalized spacial score (nSPS) is 21.8. The van der Waals surface area contributed by atoms with Gasteiger partial charge in [-0.15, -0.1) is 11.3 Å². The number of fused-ring (bicyclic) bond motifs is 10. The van der Waals surface area contributed by atoms with Crippen LogP contribution in [0.25, 0.3) is 42.0 Å². The first-order valence-electron chi connectivity index (χ1n) is 11.6. The molecule has 0 spiro atoms. The molecule has 1 fully saturated rings. The molecule has 38 heavy (non-hydrogen) atoms. The van der Waals surface area contributed by atoms with Gasteiger partial charge in [-0.05, 0) is 18.2 Å². The number of amides is 2. The maximum atomic E-state index is 14.6. The molecule has 5 aromatic rings. The average molecular weight is 546 g/mol. The van der Waals surface area contributed by atoms with Crippen LogP contribution >= 0.6 is 11.3 Å². The number of carbonyl (C=O) groups is 2. The highest BCUT2D eigenvalue weighted by Gasteiger charge is 2.39. The van der Waals surface area contributed by atoms with Crippen molar-refractivity contribution in [3.63, 3.8) is 0 Å². The number of rotatable bonds is 2. The fourth-order valence-corrected chi connectivity index (χ4v) is 7.01. The SMILES string of the molecule is O=C1NC(=O)c2c1c1c3cc(F)c(F)cc3sc1c1c2c2cc(F)c(F)cc2n1C1CC(O)CC(CF)O1. The van der Waals surface area contributed by atoms with Gasteiger partial charge in [0, 0.05) is 45.2 Å². The number of hydrogen-bond donors (Lipinski definition) is 2. The van der Waals surface area contributed by atoms with Crippen LogP contribution in [-0.2, 0) is 4.74 Å². The van der Waals surface area contributed by atoms with Crippen LogP contribution in [-0.4, -0.2) is 40.4 Å². The minimum absolute atomic E-state index is 0.0241. The summed E-state index contributed by atoms with van der Waals surface area (Å²) in [7, 11) is 0. The third-order valence-corrected chi connectivity index (χ3v) is 8.40. The molecule has 3 atom stereocenters. The van der Waals surface area contributed by atoms with Crippen LogP contribution in [0.15, 0.2) is 24.3 Å². The maximum absolute atomic E-state index is 14.6. The van der Waals surface area contributed by atoms with Gasteiger partial charge < -0.3 is 14.4 Å². The van der Waals surface area contributed by atoms with Gasteiger partial charge in [0.1, 0.15) is 12.9 Å².